The number of carbonyl (C=O) groups excluding carboxylic acids is 2. The topological polar surface area (TPSA) is 71.6 Å². The highest BCUT2D eigenvalue weighted by molar-refractivity contribution is 5.95. The molecule has 1 unspecified atom stereocenters. The third kappa shape index (κ3) is 3.65. The SMILES string of the molecule is Cc1cc(CN2CCCC3(CN(C(=O)c4ccoc4)CC(F)(F)C3)C2=O)n(C)n1. The standard InChI is InChI=1S/C20H24F2N4O3/c1-14-8-16(24(2)23-14)9-25-6-3-5-19(18(25)28)11-20(21,22)13-26(12-19)17(27)15-4-7-29-10-15/h4,7-8,10H,3,5-6,9,11-13H2,1-2H3. The van der Waals surface area contributed by atoms with Crippen LogP contribution >= 0.6 is 0 Å². The molecule has 2 aliphatic rings. The van der Waals surface area contributed by atoms with Gasteiger partial charge in [-0.1, -0.05) is 0 Å². The van der Waals surface area contributed by atoms with E-state index in [2.05, 4.69) is 5.10 Å². The minimum absolute atomic E-state index is 0.00759. The Hall–Kier alpha value is -2.71. The van der Waals surface area contributed by atoms with Gasteiger partial charge in [-0.3, -0.25) is 14.3 Å². The van der Waals surface area contributed by atoms with Crippen LogP contribution in [0, 0.1) is 12.3 Å². The Morgan fingerprint density at radius 2 is 2.14 bits per heavy atom. The molecule has 2 aliphatic heterocycles. The molecule has 4 heterocycles. The molecule has 1 atom stereocenters. The number of piperidine rings is 2. The molecule has 2 fully saturated rings. The van der Waals surface area contributed by atoms with Gasteiger partial charge < -0.3 is 14.2 Å². The first-order valence-corrected chi connectivity index (χ1v) is 9.67. The van der Waals surface area contributed by atoms with Gasteiger partial charge in [0.05, 0.1) is 41.7 Å². The fraction of sp³-hybridized carbons (Fsp3) is 0.550. The summed E-state index contributed by atoms with van der Waals surface area (Å²) in [4.78, 5) is 28.8. The van der Waals surface area contributed by atoms with Gasteiger partial charge in [0.15, 0.2) is 0 Å². The first-order chi connectivity index (χ1) is 13.7. The first kappa shape index (κ1) is 19.6. The minimum Gasteiger partial charge on any atom is -0.472 e. The number of nitrogens with zero attached hydrogens (tertiary/aromatic N) is 4. The molecule has 0 saturated carbocycles. The number of furan rings is 1. The highest BCUT2D eigenvalue weighted by atomic mass is 19.3. The Balaban J connectivity index is 1.59. The van der Waals surface area contributed by atoms with E-state index in [1.807, 2.05) is 13.0 Å². The van der Waals surface area contributed by atoms with E-state index in [4.69, 9.17) is 4.42 Å². The summed E-state index contributed by atoms with van der Waals surface area (Å²) in [5, 5.41) is 4.29. The molecular formula is C20H24F2N4O3. The maximum atomic E-state index is 14.7. The van der Waals surface area contributed by atoms with Crippen molar-refractivity contribution < 1.29 is 22.8 Å². The van der Waals surface area contributed by atoms with E-state index in [0.717, 1.165) is 16.3 Å². The Kier molecular flexibility index (Phi) is 4.71. The van der Waals surface area contributed by atoms with Crippen LogP contribution in [-0.2, 0) is 18.4 Å². The number of hydrogen-bond acceptors (Lipinski definition) is 4. The molecule has 7 nitrogen and oxygen atoms in total. The van der Waals surface area contributed by atoms with Crippen molar-refractivity contribution in [2.75, 3.05) is 19.6 Å². The van der Waals surface area contributed by atoms with Crippen molar-refractivity contribution >= 4 is 11.8 Å². The number of hydrogen-bond donors (Lipinski definition) is 0. The number of rotatable bonds is 3. The smallest absolute Gasteiger partial charge is 0.266 e. The predicted molar refractivity (Wildman–Crippen MR) is 99.2 cm³/mol. The molecule has 2 saturated heterocycles. The van der Waals surface area contributed by atoms with Gasteiger partial charge in [0.1, 0.15) is 6.26 Å². The van der Waals surface area contributed by atoms with Crippen molar-refractivity contribution in [2.24, 2.45) is 12.5 Å². The van der Waals surface area contributed by atoms with Crippen LogP contribution in [-0.4, -0.2) is 57.0 Å². The lowest BCUT2D eigenvalue weighted by Crippen LogP contribution is -2.61. The van der Waals surface area contributed by atoms with Gasteiger partial charge in [-0.2, -0.15) is 5.10 Å². The van der Waals surface area contributed by atoms with Crippen LogP contribution in [0.3, 0.4) is 0 Å². The van der Waals surface area contributed by atoms with Crippen LogP contribution in [0.25, 0.3) is 0 Å². The molecule has 0 radical (unpaired) electrons. The summed E-state index contributed by atoms with van der Waals surface area (Å²) in [6.07, 6.45) is 2.99. The van der Waals surface area contributed by atoms with E-state index in [0.29, 0.717) is 25.9 Å². The fourth-order valence-electron chi connectivity index (χ4n) is 4.64. The summed E-state index contributed by atoms with van der Waals surface area (Å²) in [6.45, 7) is 1.99. The lowest BCUT2D eigenvalue weighted by Gasteiger charge is -2.49. The molecule has 2 amide bonds. The van der Waals surface area contributed by atoms with Crippen LogP contribution in [0.1, 0.15) is 41.0 Å². The number of amides is 2. The number of halogens is 2. The third-order valence-electron chi connectivity index (χ3n) is 5.84. The van der Waals surface area contributed by atoms with Crippen LogP contribution in [0.5, 0.6) is 0 Å². The number of aromatic nitrogens is 2. The summed E-state index contributed by atoms with van der Waals surface area (Å²) < 4.78 is 36.0. The van der Waals surface area contributed by atoms with E-state index >= 15 is 0 Å². The fourth-order valence-corrected chi connectivity index (χ4v) is 4.64. The van der Waals surface area contributed by atoms with E-state index in [1.54, 1.807) is 16.6 Å². The highest BCUT2D eigenvalue weighted by Gasteiger charge is 2.56. The molecule has 1 spiro atoms. The molecule has 0 N–H and O–H groups in total. The number of likely N-dealkylation sites (tertiary alicyclic amines) is 2. The summed E-state index contributed by atoms with van der Waals surface area (Å²) in [7, 11) is 1.80. The van der Waals surface area contributed by atoms with Crippen molar-refractivity contribution in [1.82, 2.24) is 19.6 Å². The van der Waals surface area contributed by atoms with E-state index in [1.165, 1.54) is 18.6 Å². The van der Waals surface area contributed by atoms with Gasteiger partial charge in [-0.05, 0) is 31.9 Å². The molecular weight excluding hydrogens is 382 g/mol. The van der Waals surface area contributed by atoms with Crippen molar-refractivity contribution in [3.8, 4) is 0 Å². The van der Waals surface area contributed by atoms with Crippen molar-refractivity contribution in [3.63, 3.8) is 0 Å². The van der Waals surface area contributed by atoms with E-state index < -0.39 is 30.2 Å². The van der Waals surface area contributed by atoms with Gasteiger partial charge in [-0.25, -0.2) is 8.78 Å². The summed E-state index contributed by atoms with van der Waals surface area (Å²) in [5.41, 5.74) is 0.625. The van der Waals surface area contributed by atoms with Crippen molar-refractivity contribution in [2.45, 2.75) is 38.7 Å². The number of aryl methyl sites for hydroxylation is 2. The van der Waals surface area contributed by atoms with Crippen LogP contribution in [0.15, 0.2) is 29.1 Å². The third-order valence-corrected chi connectivity index (χ3v) is 5.84. The zero-order valence-corrected chi connectivity index (χ0v) is 16.5. The second kappa shape index (κ2) is 6.96. The van der Waals surface area contributed by atoms with Crippen molar-refractivity contribution in [3.05, 3.63) is 41.6 Å². The zero-order valence-electron chi connectivity index (χ0n) is 16.5. The summed E-state index contributed by atoms with van der Waals surface area (Å²) >= 11 is 0. The molecule has 0 bridgehead atoms. The van der Waals surface area contributed by atoms with Gasteiger partial charge in [-0.15, -0.1) is 0 Å². The Bertz CT molecular complexity index is 924. The lowest BCUT2D eigenvalue weighted by molar-refractivity contribution is -0.166. The van der Waals surface area contributed by atoms with Crippen LogP contribution in [0.2, 0.25) is 0 Å². The predicted octanol–water partition coefficient (Wildman–Crippen LogP) is 2.61. The normalized spacial score (nSPS) is 24.3. The maximum absolute atomic E-state index is 14.7. The molecule has 4 rings (SSSR count). The minimum atomic E-state index is -3.13. The largest absolute Gasteiger partial charge is 0.472 e. The average Bonchev–Trinajstić information content (AvgIpc) is 3.27. The van der Waals surface area contributed by atoms with Crippen LogP contribution < -0.4 is 0 Å². The summed E-state index contributed by atoms with van der Waals surface area (Å²) in [6, 6.07) is 3.33. The highest BCUT2D eigenvalue weighted by Crippen LogP contribution is 2.45. The monoisotopic (exact) mass is 406 g/mol. The van der Waals surface area contributed by atoms with Gasteiger partial charge >= 0.3 is 0 Å². The molecule has 29 heavy (non-hydrogen) atoms. The quantitative estimate of drug-likeness (QED) is 0.786. The van der Waals surface area contributed by atoms with Crippen molar-refractivity contribution in [1.29, 1.82) is 0 Å². The number of carbonyl (C=O) groups is 2. The molecule has 2 aromatic heterocycles. The van der Waals surface area contributed by atoms with E-state index in [9.17, 15) is 18.4 Å². The Morgan fingerprint density at radius 1 is 1.34 bits per heavy atom. The Labute approximate surface area is 167 Å². The number of alkyl halides is 2. The second-order valence-electron chi connectivity index (χ2n) is 8.22. The Morgan fingerprint density at radius 3 is 2.79 bits per heavy atom. The molecule has 0 aromatic carbocycles. The molecule has 9 heteroatoms. The van der Waals surface area contributed by atoms with Gasteiger partial charge in [0.2, 0.25) is 5.91 Å². The molecule has 2 aromatic rings. The first-order valence-electron chi connectivity index (χ1n) is 9.67. The average molecular weight is 406 g/mol. The zero-order chi connectivity index (χ0) is 20.8. The molecule has 156 valence electrons. The second-order valence-corrected chi connectivity index (χ2v) is 8.22. The van der Waals surface area contributed by atoms with E-state index in [-0.39, 0.29) is 18.0 Å². The van der Waals surface area contributed by atoms with Crippen LogP contribution in [0.4, 0.5) is 8.78 Å². The van der Waals surface area contributed by atoms with Gasteiger partial charge in [0, 0.05) is 26.6 Å². The summed E-state index contributed by atoms with van der Waals surface area (Å²) in [5.74, 6) is -3.98. The lowest BCUT2D eigenvalue weighted by atomic mass is 9.71. The maximum Gasteiger partial charge on any atom is 0.266 e. The van der Waals surface area contributed by atoms with Gasteiger partial charge in [0.25, 0.3) is 11.8 Å². The molecule has 0 aliphatic carbocycles.